The Balaban J connectivity index is 1.19. The molecule has 5 heterocycles. The molecule has 8 rings (SSSR count). The number of alkyl halides is 1. The molecule has 3 N–H and O–H groups in total. The minimum absolute atomic E-state index is 0.110. The summed E-state index contributed by atoms with van der Waals surface area (Å²) in [4.78, 5) is 36.5. The molecule has 9 nitrogen and oxygen atoms in total. The van der Waals surface area contributed by atoms with Gasteiger partial charge in [0.15, 0.2) is 5.82 Å². The number of aryl methyl sites for hydroxylation is 1. The molecule has 3 aromatic heterocycles. The molecule has 4 aliphatic rings. The van der Waals surface area contributed by atoms with Crippen molar-refractivity contribution in [3.05, 3.63) is 47.4 Å². The number of nitrogens with one attached hydrogen (secondary N) is 3. The van der Waals surface area contributed by atoms with Gasteiger partial charge in [-0.25, -0.2) is 18.7 Å². The van der Waals surface area contributed by atoms with Crippen LogP contribution in [0.4, 0.5) is 8.78 Å². The minimum Gasteiger partial charge on any atom is -0.348 e. The van der Waals surface area contributed by atoms with Gasteiger partial charge < -0.3 is 25.1 Å². The van der Waals surface area contributed by atoms with E-state index >= 15 is 4.39 Å². The molecule has 0 spiro atoms. The summed E-state index contributed by atoms with van der Waals surface area (Å²) in [5.74, 6) is -0.0122. The molecule has 3 fully saturated rings. The Morgan fingerprint density at radius 3 is 2.74 bits per heavy atom. The fraction of sp³-hybridized carbons (Fsp3) is 0.543. The highest BCUT2D eigenvalue weighted by Crippen LogP contribution is 2.55. The molecule has 1 saturated heterocycles. The van der Waals surface area contributed by atoms with E-state index in [1.165, 1.54) is 12.1 Å². The van der Waals surface area contributed by atoms with Crippen LogP contribution in [-0.4, -0.2) is 56.2 Å². The maximum absolute atomic E-state index is 15.6. The number of hydrogen-bond acceptors (Lipinski definition) is 5. The minimum atomic E-state index is -1.18. The van der Waals surface area contributed by atoms with Crippen LogP contribution < -0.4 is 16.0 Å². The van der Waals surface area contributed by atoms with E-state index in [0.29, 0.717) is 36.5 Å². The van der Waals surface area contributed by atoms with Gasteiger partial charge in [0, 0.05) is 36.0 Å². The zero-order valence-corrected chi connectivity index (χ0v) is 26.4. The molecule has 2 amide bonds. The summed E-state index contributed by atoms with van der Waals surface area (Å²) >= 11 is 0. The lowest BCUT2D eigenvalue weighted by molar-refractivity contribution is -0.127. The number of carbonyl (C=O) groups excluding carboxylic acids is 2. The molecule has 242 valence electrons. The monoisotopic (exact) mass is 629 g/mol. The molecule has 2 saturated carbocycles. The van der Waals surface area contributed by atoms with Gasteiger partial charge in [0.2, 0.25) is 5.91 Å². The highest BCUT2D eigenvalue weighted by Gasteiger charge is 2.55. The second kappa shape index (κ2) is 11.1. The van der Waals surface area contributed by atoms with E-state index in [1.807, 2.05) is 13.0 Å². The Morgan fingerprint density at radius 1 is 1.09 bits per heavy atom. The van der Waals surface area contributed by atoms with Crippen molar-refractivity contribution in [3.8, 4) is 11.5 Å². The van der Waals surface area contributed by atoms with Gasteiger partial charge in [-0.2, -0.15) is 0 Å². The molecular weight excluding hydrogens is 588 g/mol. The Morgan fingerprint density at radius 2 is 1.93 bits per heavy atom. The van der Waals surface area contributed by atoms with Gasteiger partial charge in [0.1, 0.15) is 17.6 Å². The molecular formula is C35H41F2N7O2. The largest absolute Gasteiger partial charge is 0.348 e. The van der Waals surface area contributed by atoms with Crippen molar-refractivity contribution in [2.75, 3.05) is 13.1 Å². The van der Waals surface area contributed by atoms with Crippen molar-refractivity contribution in [3.63, 3.8) is 0 Å². The molecule has 4 aromatic rings. The number of halogens is 2. The maximum Gasteiger partial charge on any atom is 0.254 e. The second-order valence-corrected chi connectivity index (χ2v) is 14.1. The molecule has 2 bridgehead atoms. The molecule has 5 atom stereocenters. The number of carbonyl (C=O) groups is 2. The first-order valence-corrected chi connectivity index (χ1v) is 16.9. The zero-order valence-electron chi connectivity index (χ0n) is 26.4. The van der Waals surface area contributed by atoms with Crippen LogP contribution in [0.1, 0.15) is 93.3 Å². The van der Waals surface area contributed by atoms with Crippen LogP contribution in [-0.2, 0) is 11.3 Å². The molecule has 0 radical (unpaired) electrons. The van der Waals surface area contributed by atoms with Gasteiger partial charge >= 0.3 is 0 Å². The van der Waals surface area contributed by atoms with Crippen LogP contribution in [0.25, 0.3) is 33.6 Å². The molecule has 2 aliphatic carbocycles. The first-order valence-electron chi connectivity index (χ1n) is 16.9. The van der Waals surface area contributed by atoms with Gasteiger partial charge in [0.25, 0.3) is 5.91 Å². The van der Waals surface area contributed by atoms with Crippen LogP contribution in [0.15, 0.2) is 30.3 Å². The third-order valence-electron chi connectivity index (χ3n) is 10.8. The van der Waals surface area contributed by atoms with Crippen molar-refractivity contribution in [2.45, 2.75) is 96.1 Å². The van der Waals surface area contributed by atoms with Crippen LogP contribution in [0.2, 0.25) is 0 Å². The number of amides is 2. The molecule has 0 unspecified atom stereocenters. The summed E-state index contributed by atoms with van der Waals surface area (Å²) in [6.07, 6.45) is 6.13. The average Bonchev–Trinajstić information content (AvgIpc) is 3.92. The van der Waals surface area contributed by atoms with E-state index in [9.17, 15) is 14.0 Å². The smallest absolute Gasteiger partial charge is 0.254 e. The van der Waals surface area contributed by atoms with E-state index < -0.39 is 23.9 Å². The topological polar surface area (TPSA) is 106 Å². The van der Waals surface area contributed by atoms with Crippen molar-refractivity contribution >= 4 is 33.9 Å². The predicted molar refractivity (Wildman–Crippen MR) is 172 cm³/mol. The lowest BCUT2D eigenvalue weighted by Gasteiger charge is -2.27. The van der Waals surface area contributed by atoms with Crippen LogP contribution in [0, 0.1) is 17.2 Å². The Kier molecular flexibility index (Phi) is 7.15. The molecule has 2 aliphatic heterocycles. The maximum atomic E-state index is 15.6. The number of nitrogens with zero attached hydrogens (tertiary/aromatic N) is 4. The van der Waals surface area contributed by atoms with Crippen LogP contribution >= 0.6 is 0 Å². The van der Waals surface area contributed by atoms with Gasteiger partial charge in [-0.3, -0.25) is 9.59 Å². The highest BCUT2D eigenvalue weighted by molar-refractivity contribution is 5.98. The van der Waals surface area contributed by atoms with Gasteiger partial charge in [0.05, 0.1) is 40.1 Å². The second-order valence-electron chi connectivity index (χ2n) is 14.1. The highest BCUT2D eigenvalue weighted by atomic mass is 19.1. The number of benzene rings is 1. The third-order valence-corrected chi connectivity index (χ3v) is 10.8. The fourth-order valence-corrected chi connectivity index (χ4v) is 7.61. The number of piperidine rings is 1. The van der Waals surface area contributed by atoms with E-state index in [2.05, 4.69) is 44.1 Å². The van der Waals surface area contributed by atoms with Gasteiger partial charge in [-0.15, -0.1) is 0 Å². The summed E-state index contributed by atoms with van der Waals surface area (Å²) in [5, 5.41) is 9.97. The van der Waals surface area contributed by atoms with Gasteiger partial charge in [-0.1, -0.05) is 19.8 Å². The zero-order chi connectivity index (χ0) is 31.7. The standard InChI is InChI=1S/C35H41F2N7O2/c1-19-26-10-7-20-14-30(43(31(20)40-26)13-5-3-4-6-21-17-35(21,2)34(46)39-19)32-41-27-15-23(25(37)16-29(27)44(32)22-8-9-22)33(45)42-28-18-38-12-11-24(28)36/h7,10,14-16,19,21-22,24,28,38H,3-6,8-9,11-13,17-18H2,1-2H3,(H,39,46)(H,42,45)/t19-,21-,24+,28+,35-/m1/s1. The number of aromatic nitrogens is 4. The summed E-state index contributed by atoms with van der Waals surface area (Å²) < 4.78 is 34.4. The van der Waals surface area contributed by atoms with E-state index in [-0.39, 0.29) is 29.0 Å². The van der Waals surface area contributed by atoms with Crippen LogP contribution in [0.3, 0.4) is 0 Å². The summed E-state index contributed by atoms with van der Waals surface area (Å²) in [7, 11) is 0. The van der Waals surface area contributed by atoms with Crippen molar-refractivity contribution in [1.29, 1.82) is 0 Å². The lowest BCUT2D eigenvalue weighted by Crippen LogP contribution is -2.52. The average molecular weight is 630 g/mol. The first-order chi connectivity index (χ1) is 22.2. The van der Waals surface area contributed by atoms with Crippen molar-refractivity contribution in [1.82, 2.24) is 35.1 Å². The normalized spacial score (nSPS) is 28.6. The molecule has 1 aromatic carbocycles. The molecule has 11 heteroatoms. The number of hydrogen-bond donors (Lipinski definition) is 3. The Hall–Kier alpha value is -3.86. The van der Waals surface area contributed by atoms with E-state index in [0.717, 1.165) is 79.7 Å². The summed E-state index contributed by atoms with van der Waals surface area (Å²) in [5.41, 5.74) is 3.31. The van der Waals surface area contributed by atoms with E-state index in [1.54, 1.807) is 0 Å². The fourth-order valence-electron chi connectivity index (χ4n) is 7.61. The Labute approximate surface area is 266 Å². The van der Waals surface area contributed by atoms with Gasteiger partial charge in [-0.05, 0) is 82.2 Å². The third kappa shape index (κ3) is 5.07. The quantitative estimate of drug-likeness (QED) is 0.267. The number of imidazole rings is 1. The molecule has 46 heavy (non-hydrogen) atoms. The number of rotatable bonds is 4. The number of pyridine rings is 1. The van der Waals surface area contributed by atoms with Crippen molar-refractivity contribution < 1.29 is 18.4 Å². The number of fused-ring (bicyclic) bond motifs is 3. The predicted octanol–water partition coefficient (Wildman–Crippen LogP) is 5.73. The van der Waals surface area contributed by atoms with Crippen molar-refractivity contribution in [2.24, 2.45) is 11.3 Å². The SMILES string of the molecule is C[C@H]1NC(=O)[C@]2(C)C[C@H]2CCCCCn2c(-c3nc4cc(C(=O)N[C@H]5CNCC[C@@H]5F)c(F)cc4n3C3CC3)cc3ccc1nc32. The first kappa shape index (κ1) is 29.5. The Bertz CT molecular complexity index is 1860. The summed E-state index contributed by atoms with van der Waals surface area (Å²) in [6.45, 7) is 5.69. The summed E-state index contributed by atoms with van der Waals surface area (Å²) in [6, 6.07) is 8.30. The van der Waals surface area contributed by atoms with Crippen LogP contribution in [0.5, 0.6) is 0 Å². The van der Waals surface area contributed by atoms with E-state index in [4.69, 9.17) is 9.97 Å². The lowest BCUT2D eigenvalue weighted by atomic mass is 10.0.